The molecule has 0 radical (unpaired) electrons. The average molecular weight is 260 g/mol. The van der Waals surface area contributed by atoms with Gasteiger partial charge in [-0.25, -0.2) is 0 Å². The van der Waals surface area contributed by atoms with Crippen LogP contribution < -0.4 is 10.6 Å². The Kier molecular flexibility index (Phi) is 5.00. The maximum Gasteiger partial charge on any atom is 0.0325 e. The summed E-state index contributed by atoms with van der Waals surface area (Å²) in [6, 6.07) is 5.13. The zero-order valence-corrected chi connectivity index (χ0v) is 12.8. The fourth-order valence-corrected chi connectivity index (χ4v) is 3.57. The molecule has 0 aromatic heterocycles. The summed E-state index contributed by atoms with van der Waals surface area (Å²) >= 11 is 0. The maximum absolute atomic E-state index is 3.55. The van der Waals surface area contributed by atoms with Crippen molar-refractivity contribution in [3.8, 4) is 0 Å². The van der Waals surface area contributed by atoms with Crippen LogP contribution in [0.2, 0.25) is 0 Å². The highest BCUT2D eigenvalue weighted by molar-refractivity contribution is 5.39. The molecule has 2 rings (SSSR count). The Labute approximate surface area is 118 Å². The Morgan fingerprint density at radius 2 is 1.74 bits per heavy atom. The van der Waals surface area contributed by atoms with E-state index in [0.717, 1.165) is 5.92 Å². The van der Waals surface area contributed by atoms with E-state index in [-0.39, 0.29) is 0 Å². The zero-order valence-electron chi connectivity index (χ0n) is 12.8. The van der Waals surface area contributed by atoms with Crippen LogP contribution in [0.15, 0.2) is 12.1 Å². The first-order valence-corrected chi connectivity index (χ1v) is 7.57. The van der Waals surface area contributed by atoms with Gasteiger partial charge in [0, 0.05) is 6.04 Å². The minimum Gasteiger partial charge on any atom is -0.317 e. The third-order valence-electron chi connectivity index (χ3n) is 4.46. The van der Waals surface area contributed by atoms with Gasteiger partial charge in [0.05, 0.1) is 0 Å². The highest BCUT2D eigenvalue weighted by atomic mass is 14.9. The summed E-state index contributed by atoms with van der Waals surface area (Å²) in [5.41, 5.74) is 5.76. The molecule has 0 spiro atoms. The lowest BCUT2D eigenvalue weighted by Gasteiger charge is -2.29. The Hall–Kier alpha value is -0.860. The van der Waals surface area contributed by atoms with Gasteiger partial charge in [0.2, 0.25) is 0 Å². The predicted octanol–water partition coefficient (Wildman–Crippen LogP) is 3.26. The van der Waals surface area contributed by atoms with Gasteiger partial charge < -0.3 is 10.6 Å². The van der Waals surface area contributed by atoms with Gasteiger partial charge in [-0.15, -0.1) is 0 Å². The van der Waals surface area contributed by atoms with Crippen molar-refractivity contribution < 1.29 is 0 Å². The number of hydrogen-bond acceptors (Lipinski definition) is 2. The molecule has 2 heteroatoms. The average Bonchev–Trinajstić information content (AvgIpc) is 2.37. The van der Waals surface area contributed by atoms with Crippen molar-refractivity contribution in [1.29, 1.82) is 0 Å². The first-order chi connectivity index (χ1) is 9.11. The molecule has 19 heavy (non-hydrogen) atoms. The van der Waals surface area contributed by atoms with E-state index in [1.54, 1.807) is 0 Å². The lowest BCUT2D eigenvalue weighted by atomic mass is 9.85. The molecule has 106 valence electrons. The third kappa shape index (κ3) is 3.58. The van der Waals surface area contributed by atoms with Crippen LogP contribution in [0.5, 0.6) is 0 Å². The summed E-state index contributed by atoms with van der Waals surface area (Å²) in [4.78, 5) is 0. The van der Waals surface area contributed by atoms with Crippen LogP contribution in [-0.2, 0) is 0 Å². The van der Waals surface area contributed by atoms with Gasteiger partial charge in [-0.05, 0) is 82.8 Å². The summed E-state index contributed by atoms with van der Waals surface area (Å²) in [6.45, 7) is 9.06. The molecular formula is C17H28N2. The smallest absolute Gasteiger partial charge is 0.0325 e. The topological polar surface area (TPSA) is 24.1 Å². The molecule has 1 aromatic carbocycles. The molecular weight excluding hydrogens is 232 g/mol. The first-order valence-electron chi connectivity index (χ1n) is 7.57. The molecule has 2 N–H and O–H groups in total. The second-order valence-corrected chi connectivity index (χ2v) is 6.08. The number of piperidine rings is 1. The molecule has 0 aliphatic carbocycles. The molecule has 0 saturated carbocycles. The second-order valence-electron chi connectivity index (χ2n) is 6.08. The fraction of sp³-hybridized carbons (Fsp3) is 0.647. The van der Waals surface area contributed by atoms with Crippen molar-refractivity contribution in [2.45, 2.75) is 46.1 Å². The fourth-order valence-electron chi connectivity index (χ4n) is 3.57. The SMILES string of the molecule is CNC(CC1CCNCC1)c1c(C)cc(C)cc1C. The van der Waals surface area contributed by atoms with E-state index in [1.807, 2.05) is 0 Å². The lowest BCUT2D eigenvalue weighted by Crippen LogP contribution is -2.30. The Morgan fingerprint density at radius 3 is 2.26 bits per heavy atom. The number of rotatable bonds is 4. The van der Waals surface area contributed by atoms with Crippen LogP contribution in [0.3, 0.4) is 0 Å². The molecule has 1 fully saturated rings. The summed E-state index contributed by atoms with van der Waals surface area (Å²) in [5, 5.41) is 7.00. The molecule has 1 saturated heterocycles. The molecule has 1 heterocycles. The minimum atomic E-state index is 0.503. The van der Waals surface area contributed by atoms with E-state index in [1.165, 1.54) is 54.6 Å². The van der Waals surface area contributed by atoms with Crippen LogP contribution in [0.4, 0.5) is 0 Å². The van der Waals surface area contributed by atoms with E-state index in [0.29, 0.717) is 6.04 Å². The van der Waals surface area contributed by atoms with Crippen LogP contribution >= 0.6 is 0 Å². The molecule has 2 nitrogen and oxygen atoms in total. The number of aryl methyl sites for hydroxylation is 3. The highest BCUT2D eigenvalue weighted by Gasteiger charge is 2.21. The normalized spacial score (nSPS) is 18.5. The van der Waals surface area contributed by atoms with Crippen molar-refractivity contribution in [1.82, 2.24) is 10.6 Å². The zero-order chi connectivity index (χ0) is 13.8. The molecule has 0 amide bonds. The monoisotopic (exact) mass is 260 g/mol. The van der Waals surface area contributed by atoms with Gasteiger partial charge in [0.15, 0.2) is 0 Å². The van der Waals surface area contributed by atoms with E-state index in [4.69, 9.17) is 0 Å². The third-order valence-corrected chi connectivity index (χ3v) is 4.46. The standard InChI is InChI=1S/C17H28N2/c1-12-9-13(2)17(14(3)10-12)16(18-4)11-15-5-7-19-8-6-15/h9-10,15-16,18-19H,5-8,11H2,1-4H3. The van der Waals surface area contributed by atoms with Gasteiger partial charge in [0.1, 0.15) is 0 Å². The van der Waals surface area contributed by atoms with Crippen molar-refractivity contribution in [3.63, 3.8) is 0 Å². The van der Waals surface area contributed by atoms with E-state index >= 15 is 0 Å². The predicted molar refractivity (Wildman–Crippen MR) is 82.7 cm³/mol. The van der Waals surface area contributed by atoms with Crippen molar-refractivity contribution in [3.05, 3.63) is 34.4 Å². The van der Waals surface area contributed by atoms with Gasteiger partial charge in [-0.2, -0.15) is 0 Å². The van der Waals surface area contributed by atoms with Crippen LogP contribution in [0.25, 0.3) is 0 Å². The Bertz CT molecular complexity index is 396. The summed E-state index contributed by atoms with van der Waals surface area (Å²) in [5.74, 6) is 0.860. The van der Waals surface area contributed by atoms with Crippen molar-refractivity contribution in [2.24, 2.45) is 5.92 Å². The molecule has 1 aliphatic heterocycles. The molecule has 0 bridgehead atoms. The molecule has 1 atom stereocenters. The number of hydrogen-bond donors (Lipinski definition) is 2. The first kappa shape index (κ1) is 14.5. The minimum absolute atomic E-state index is 0.503. The van der Waals surface area contributed by atoms with Gasteiger partial charge in [-0.3, -0.25) is 0 Å². The van der Waals surface area contributed by atoms with Gasteiger partial charge >= 0.3 is 0 Å². The lowest BCUT2D eigenvalue weighted by molar-refractivity contribution is 0.317. The van der Waals surface area contributed by atoms with Gasteiger partial charge in [-0.1, -0.05) is 17.7 Å². The van der Waals surface area contributed by atoms with Crippen LogP contribution in [-0.4, -0.2) is 20.1 Å². The van der Waals surface area contributed by atoms with Crippen molar-refractivity contribution >= 4 is 0 Å². The van der Waals surface area contributed by atoms with E-state index < -0.39 is 0 Å². The van der Waals surface area contributed by atoms with E-state index in [2.05, 4.69) is 50.6 Å². The Balaban J connectivity index is 2.16. The number of nitrogens with one attached hydrogen (secondary N) is 2. The summed E-state index contributed by atoms with van der Waals surface area (Å²) < 4.78 is 0. The van der Waals surface area contributed by atoms with Crippen LogP contribution in [0, 0.1) is 26.7 Å². The van der Waals surface area contributed by atoms with E-state index in [9.17, 15) is 0 Å². The molecule has 1 unspecified atom stereocenters. The highest BCUT2D eigenvalue weighted by Crippen LogP contribution is 2.30. The summed E-state index contributed by atoms with van der Waals surface area (Å²) in [7, 11) is 2.10. The summed E-state index contributed by atoms with van der Waals surface area (Å²) in [6.07, 6.45) is 3.91. The second kappa shape index (κ2) is 6.53. The van der Waals surface area contributed by atoms with Crippen molar-refractivity contribution in [2.75, 3.05) is 20.1 Å². The van der Waals surface area contributed by atoms with Crippen LogP contribution in [0.1, 0.15) is 47.6 Å². The largest absolute Gasteiger partial charge is 0.317 e. The molecule has 1 aromatic rings. The quantitative estimate of drug-likeness (QED) is 0.868. The maximum atomic E-state index is 3.55. The molecule has 1 aliphatic rings. The van der Waals surface area contributed by atoms with Gasteiger partial charge in [0.25, 0.3) is 0 Å². The number of benzene rings is 1. The Morgan fingerprint density at radius 1 is 1.16 bits per heavy atom.